The van der Waals surface area contributed by atoms with Crippen LogP contribution in [-0.2, 0) is 0 Å². The van der Waals surface area contributed by atoms with Gasteiger partial charge in [0.2, 0.25) is 0 Å². The minimum atomic E-state index is -4.06. The van der Waals surface area contributed by atoms with Crippen molar-refractivity contribution in [3.05, 3.63) is 0 Å². The zero-order valence-electron chi connectivity index (χ0n) is 5.19. The number of hydrogen-bond donors (Lipinski definition) is 1. The third-order valence-electron chi connectivity index (χ3n) is 1.75. The molecule has 0 saturated heterocycles. The van der Waals surface area contributed by atoms with Crippen molar-refractivity contribution in [3.8, 4) is 0 Å². The van der Waals surface area contributed by atoms with Crippen LogP contribution in [0.3, 0.4) is 0 Å². The Hall–Kier alpha value is 0.0400. The maximum absolute atomic E-state index is 11.7. The van der Waals surface area contributed by atoms with Gasteiger partial charge in [-0.3, -0.25) is 0 Å². The third kappa shape index (κ3) is 1.76. The van der Waals surface area contributed by atoms with Gasteiger partial charge >= 0.3 is 6.18 Å². The van der Waals surface area contributed by atoms with Crippen LogP contribution in [0.25, 0.3) is 0 Å². The lowest BCUT2D eigenvalue weighted by molar-refractivity contribution is -0.199. The van der Waals surface area contributed by atoms with Crippen LogP contribution in [0.2, 0.25) is 0 Å². The van der Waals surface area contributed by atoms with Crippen LogP contribution < -0.4 is 5.73 Å². The molecule has 0 aromatic rings. The molecule has 0 heterocycles. The zero-order chi connectivity index (χ0) is 7.07. The van der Waals surface area contributed by atoms with Crippen LogP contribution >= 0.6 is 12.4 Å². The zero-order valence-corrected chi connectivity index (χ0v) is 6.00. The van der Waals surface area contributed by atoms with E-state index in [1.165, 1.54) is 0 Å². The molecule has 1 fully saturated rings. The Balaban J connectivity index is 0.000000810. The summed E-state index contributed by atoms with van der Waals surface area (Å²) < 4.78 is 35.0. The first kappa shape index (κ1) is 10.0. The summed E-state index contributed by atoms with van der Waals surface area (Å²) in [7, 11) is 0. The van der Waals surface area contributed by atoms with Gasteiger partial charge in [-0.05, 0) is 12.8 Å². The molecule has 1 rings (SSSR count). The number of nitrogens with two attached hydrogens (primary N) is 1. The second kappa shape index (κ2) is 2.96. The van der Waals surface area contributed by atoms with Crippen molar-refractivity contribution in [2.45, 2.75) is 25.1 Å². The Kier molecular flexibility index (Phi) is 2.98. The van der Waals surface area contributed by atoms with E-state index < -0.39 is 18.1 Å². The molecule has 5 heteroatoms. The molecule has 1 saturated carbocycles. The molecule has 0 unspecified atom stereocenters. The van der Waals surface area contributed by atoms with E-state index in [2.05, 4.69) is 0 Å². The second-order valence-electron chi connectivity index (χ2n) is 2.39. The van der Waals surface area contributed by atoms with Gasteiger partial charge in [-0.2, -0.15) is 13.2 Å². The van der Waals surface area contributed by atoms with E-state index in [1.54, 1.807) is 0 Å². The SMILES string of the molecule is Cl.N[C@@H]1CC[C@@H]1C(F)(F)F. The fourth-order valence-corrected chi connectivity index (χ4v) is 0.932. The molecule has 1 nitrogen and oxygen atoms in total. The molecule has 62 valence electrons. The Morgan fingerprint density at radius 3 is 1.70 bits per heavy atom. The molecule has 10 heavy (non-hydrogen) atoms. The van der Waals surface area contributed by atoms with Gasteiger partial charge in [0.25, 0.3) is 0 Å². The quantitative estimate of drug-likeness (QED) is 0.596. The van der Waals surface area contributed by atoms with Crippen LogP contribution in [0.4, 0.5) is 13.2 Å². The van der Waals surface area contributed by atoms with Crippen LogP contribution in [0.15, 0.2) is 0 Å². The second-order valence-corrected chi connectivity index (χ2v) is 2.39. The van der Waals surface area contributed by atoms with Crippen molar-refractivity contribution in [1.29, 1.82) is 0 Å². The number of rotatable bonds is 0. The average Bonchev–Trinajstić information content (AvgIpc) is 1.57. The van der Waals surface area contributed by atoms with Gasteiger partial charge < -0.3 is 5.73 Å². The molecule has 0 aromatic heterocycles. The van der Waals surface area contributed by atoms with E-state index in [1.807, 2.05) is 0 Å². The molecule has 2 N–H and O–H groups in total. The van der Waals surface area contributed by atoms with Crippen molar-refractivity contribution in [3.63, 3.8) is 0 Å². The van der Waals surface area contributed by atoms with Gasteiger partial charge in [-0.15, -0.1) is 12.4 Å². The van der Waals surface area contributed by atoms with Crippen molar-refractivity contribution >= 4 is 12.4 Å². The van der Waals surface area contributed by atoms with Gasteiger partial charge in [-0.25, -0.2) is 0 Å². The lowest BCUT2D eigenvalue weighted by atomic mass is 9.80. The van der Waals surface area contributed by atoms with Crippen LogP contribution in [0.5, 0.6) is 0 Å². The first-order valence-electron chi connectivity index (χ1n) is 2.84. The first-order chi connectivity index (χ1) is 4.02. The Bertz CT molecular complexity index is 114. The molecule has 0 amide bonds. The van der Waals surface area contributed by atoms with Gasteiger partial charge in [0.15, 0.2) is 0 Å². The summed E-state index contributed by atoms with van der Waals surface area (Å²) >= 11 is 0. The van der Waals surface area contributed by atoms with E-state index in [-0.39, 0.29) is 18.8 Å². The topological polar surface area (TPSA) is 26.0 Å². The molecule has 1 aliphatic carbocycles. The first-order valence-corrected chi connectivity index (χ1v) is 2.84. The minimum absolute atomic E-state index is 0. The highest BCUT2D eigenvalue weighted by atomic mass is 35.5. The standard InChI is InChI=1S/C5H8F3N.ClH/c6-5(7,8)3-1-2-4(3)9;/h3-4H,1-2,9H2;1H/t3-,4+;/m0./s1. The molecule has 0 radical (unpaired) electrons. The molecular weight excluding hydrogens is 167 g/mol. The number of hydrogen-bond acceptors (Lipinski definition) is 1. The van der Waals surface area contributed by atoms with Crippen LogP contribution in [0.1, 0.15) is 12.8 Å². The van der Waals surface area contributed by atoms with Gasteiger partial charge in [0, 0.05) is 6.04 Å². The van der Waals surface area contributed by atoms with Crippen LogP contribution in [-0.4, -0.2) is 12.2 Å². The molecule has 2 atom stereocenters. The van der Waals surface area contributed by atoms with Crippen LogP contribution in [0, 0.1) is 5.92 Å². The van der Waals surface area contributed by atoms with E-state index in [0.717, 1.165) is 0 Å². The normalized spacial score (nSPS) is 32.4. The van der Waals surface area contributed by atoms with Gasteiger partial charge in [0.1, 0.15) is 0 Å². The Morgan fingerprint density at radius 1 is 1.20 bits per heavy atom. The van der Waals surface area contributed by atoms with Crippen molar-refractivity contribution in [2.75, 3.05) is 0 Å². The summed E-state index contributed by atoms with van der Waals surface area (Å²) in [5.74, 6) is -1.22. The summed E-state index contributed by atoms with van der Waals surface area (Å²) in [6.07, 6.45) is -3.33. The van der Waals surface area contributed by atoms with Gasteiger partial charge in [-0.1, -0.05) is 0 Å². The van der Waals surface area contributed by atoms with Gasteiger partial charge in [0.05, 0.1) is 5.92 Å². The van der Waals surface area contributed by atoms with Crippen molar-refractivity contribution in [2.24, 2.45) is 11.7 Å². The summed E-state index contributed by atoms with van der Waals surface area (Å²) in [6.45, 7) is 0. The summed E-state index contributed by atoms with van der Waals surface area (Å²) in [6, 6.07) is -0.634. The van der Waals surface area contributed by atoms with E-state index in [0.29, 0.717) is 6.42 Å². The highest BCUT2D eigenvalue weighted by Gasteiger charge is 2.48. The molecule has 1 aliphatic rings. The average molecular weight is 176 g/mol. The molecule has 0 aromatic carbocycles. The third-order valence-corrected chi connectivity index (χ3v) is 1.75. The molecule has 0 bridgehead atoms. The maximum atomic E-state index is 11.7. The number of alkyl halides is 3. The minimum Gasteiger partial charge on any atom is -0.327 e. The number of halogens is 4. The lowest BCUT2D eigenvalue weighted by Crippen LogP contribution is -2.47. The van der Waals surface area contributed by atoms with Crippen molar-refractivity contribution < 1.29 is 13.2 Å². The maximum Gasteiger partial charge on any atom is 0.393 e. The lowest BCUT2D eigenvalue weighted by Gasteiger charge is -2.34. The van der Waals surface area contributed by atoms with Crippen molar-refractivity contribution in [1.82, 2.24) is 0 Å². The monoisotopic (exact) mass is 175 g/mol. The smallest absolute Gasteiger partial charge is 0.327 e. The van der Waals surface area contributed by atoms with E-state index in [9.17, 15) is 13.2 Å². The fraction of sp³-hybridized carbons (Fsp3) is 1.00. The molecule has 0 spiro atoms. The summed E-state index contributed by atoms with van der Waals surface area (Å²) in [5.41, 5.74) is 5.09. The Labute approximate surface area is 63.2 Å². The predicted molar refractivity (Wildman–Crippen MR) is 34.0 cm³/mol. The Morgan fingerprint density at radius 2 is 1.70 bits per heavy atom. The van der Waals surface area contributed by atoms with E-state index in [4.69, 9.17) is 5.73 Å². The predicted octanol–water partition coefficient (Wildman–Crippen LogP) is 1.71. The molecule has 0 aliphatic heterocycles. The largest absolute Gasteiger partial charge is 0.393 e. The fourth-order valence-electron chi connectivity index (χ4n) is 0.932. The molecular formula is C5H9ClF3N. The van der Waals surface area contributed by atoms with E-state index >= 15 is 0 Å². The highest BCUT2D eigenvalue weighted by Crippen LogP contribution is 2.39. The summed E-state index contributed by atoms with van der Waals surface area (Å²) in [4.78, 5) is 0. The summed E-state index contributed by atoms with van der Waals surface area (Å²) in [5, 5.41) is 0. The highest BCUT2D eigenvalue weighted by molar-refractivity contribution is 5.85.